The zero-order valence-electron chi connectivity index (χ0n) is 13.1. The second kappa shape index (κ2) is 6.43. The van der Waals surface area contributed by atoms with Crippen molar-refractivity contribution < 1.29 is 0 Å². The first kappa shape index (κ1) is 14.3. The molecule has 1 aliphatic rings. The molecular formula is C20H25N. The number of hydrogen-bond donors (Lipinski definition) is 0. The van der Waals surface area contributed by atoms with Crippen LogP contribution < -0.4 is 0 Å². The van der Waals surface area contributed by atoms with Gasteiger partial charge in [0, 0.05) is 12.4 Å². The van der Waals surface area contributed by atoms with E-state index in [4.69, 9.17) is 0 Å². The van der Waals surface area contributed by atoms with Gasteiger partial charge in [0.15, 0.2) is 0 Å². The Balaban J connectivity index is 1.88. The molecule has 0 radical (unpaired) electrons. The van der Waals surface area contributed by atoms with Crippen LogP contribution >= 0.6 is 0 Å². The molecule has 21 heavy (non-hydrogen) atoms. The van der Waals surface area contributed by atoms with E-state index in [9.17, 15) is 0 Å². The molecule has 0 saturated heterocycles. The first-order chi connectivity index (χ1) is 10.2. The fourth-order valence-electron chi connectivity index (χ4n) is 3.29. The molecule has 1 atom stereocenters. The monoisotopic (exact) mass is 279 g/mol. The predicted octanol–water partition coefficient (Wildman–Crippen LogP) is 5.33. The number of benzene rings is 1. The van der Waals surface area contributed by atoms with E-state index in [-0.39, 0.29) is 0 Å². The molecule has 1 aromatic heterocycles. The van der Waals surface area contributed by atoms with Gasteiger partial charge < -0.3 is 0 Å². The number of pyridine rings is 1. The van der Waals surface area contributed by atoms with Crippen molar-refractivity contribution in [1.29, 1.82) is 0 Å². The molecule has 1 heterocycles. The third kappa shape index (κ3) is 3.72. The zero-order chi connectivity index (χ0) is 14.7. The highest BCUT2D eigenvalue weighted by Crippen LogP contribution is 2.41. The van der Waals surface area contributed by atoms with Crippen LogP contribution in [-0.2, 0) is 6.42 Å². The summed E-state index contributed by atoms with van der Waals surface area (Å²) in [6.07, 6.45) is 9.19. The van der Waals surface area contributed by atoms with Crippen molar-refractivity contribution in [2.75, 3.05) is 0 Å². The molecule has 0 amide bonds. The summed E-state index contributed by atoms with van der Waals surface area (Å²) in [5.41, 5.74) is 4.44. The highest BCUT2D eigenvalue weighted by molar-refractivity contribution is 5.34. The second-order valence-electron chi connectivity index (χ2n) is 6.73. The summed E-state index contributed by atoms with van der Waals surface area (Å²) in [4.78, 5) is 4.28. The Morgan fingerprint density at radius 1 is 1.05 bits per heavy atom. The van der Waals surface area contributed by atoms with Crippen LogP contribution in [0.5, 0.6) is 0 Å². The lowest BCUT2D eigenvalue weighted by Crippen LogP contribution is -2.08. The molecule has 1 heteroatoms. The van der Waals surface area contributed by atoms with Gasteiger partial charge in [0.25, 0.3) is 0 Å². The summed E-state index contributed by atoms with van der Waals surface area (Å²) in [6, 6.07) is 13.3. The quantitative estimate of drug-likeness (QED) is 0.696. The smallest absolute Gasteiger partial charge is 0.0300 e. The number of hydrogen-bond acceptors (Lipinski definition) is 1. The first-order valence-electron chi connectivity index (χ1n) is 8.21. The molecule has 1 unspecified atom stereocenters. The molecule has 110 valence electrons. The third-order valence-corrected chi connectivity index (χ3v) is 4.58. The van der Waals surface area contributed by atoms with Crippen LogP contribution in [0.2, 0.25) is 0 Å². The molecule has 1 saturated carbocycles. The highest BCUT2D eigenvalue weighted by Gasteiger charge is 2.27. The van der Waals surface area contributed by atoms with Crippen molar-refractivity contribution in [2.45, 2.75) is 51.4 Å². The minimum Gasteiger partial charge on any atom is -0.264 e. The number of aromatic nitrogens is 1. The standard InChI is InChI=1S/C20H25N/c1-15(2)19-7-3-4-8-20(19)18(12-16-9-10-16)13-17-6-5-11-21-14-17/h3-8,11,14-16,18H,9-10,12-13H2,1-2H3. The fourth-order valence-corrected chi connectivity index (χ4v) is 3.29. The summed E-state index contributed by atoms with van der Waals surface area (Å²) in [5, 5.41) is 0. The average Bonchev–Trinajstić information content (AvgIpc) is 3.32. The Kier molecular flexibility index (Phi) is 4.38. The summed E-state index contributed by atoms with van der Waals surface area (Å²) in [7, 11) is 0. The predicted molar refractivity (Wildman–Crippen MR) is 88.6 cm³/mol. The van der Waals surface area contributed by atoms with Crippen LogP contribution in [0.25, 0.3) is 0 Å². The van der Waals surface area contributed by atoms with Crippen LogP contribution in [0.3, 0.4) is 0 Å². The molecule has 0 bridgehead atoms. The van der Waals surface area contributed by atoms with Gasteiger partial charge in [-0.25, -0.2) is 0 Å². The van der Waals surface area contributed by atoms with Gasteiger partial charge in [-0.15, -0.1) is 0 Å². The van der Waals surface area contributed by atoms with Gasteiger partial charge in [-0.1, -0.05) is 57.0 Å². The van der Waals surface area contributed by atoms with Crippen molar-refractivity contribution in [3.63, 3.8) is 0 Å². The van der Waals surface area contributed by atoms with E-state index < -0.39 is 0 Å². The van der Waals surface area contributed by atoms with Crippen LogP contribution in [0.15, 0.2) is 48.8 Å². The molecule has 1 aliphatic carbocycles. The Morgan fingerprint density at radius 2 is 1.81 bits per heavy atom. The van der Waals surface area contributed by atoms with Gasteiger partial charge in [-0.05, 0) is 53.4 Å². The van der Waals surface area contributed by atoms with Gasteiger partial charge in [-0.2, -0.15) is 0 Å². The molecule has 0 spiro atoms. The normalized spacial score (nSPS) is 16.1. The van der Waals surface area contributed by atoms with E-state index in [0.29, 0.717) is 11.8 Å². The minimum atomic E-state index is 0.594. The van der Waals surface area contributed by atoms with Crippen LogP contribution in [0.1, 0.15) is 61.6 Å². The SMILES string of the molecule is CC(C)c1ccccc1C(Cc1cccnc1)CC1CC1. The summed E-state index contributed by atoms with van der Waals surface area (Å²) in [6.45, 7) is 4.61. The largest absolute Gasteiger partial charge is 0.264 e. The van der Waals surface area contributed by atoms with Crippen molar-refractivity contribution in [3.8, 4) is 0 Å². The molecule has 1 fully saturated rings. The summed E-state index contributed by atoms with van der Waals surface area (Å²) in [5.74, 6) is 2.18. The minimum absolute atomic E-state index is 0.594. The molecule has 0 N–H and O–H groups in total. The van der Waals surface area contributed by atoms with E-state index >= 15 is 0 Å². The summed E-state index contributed by atoms with van der Waals surface area (Å²) < 4.78 is 0. The Bertz CT molecular complexity index is 569. The highest BCUT2D eigenvalue weighted by atomic mass is 14.6. The van der Waals surface area contributed by atoms with E-state index in [1.807, 2.05) is 12.4 Å². The van der Waals surface area contributed by atoms with Crippen LogP contribution in [0.4, 0.5) is 0 Å². The lowest BCUT2D eigenvalue weighted by Gasteiger charge is -2.22. The first-order valence-corrected chi connectivity index (χ1v) is 8.21. The Hall–Kier alpha value is -1.63. The summed E-state index contributed by atoms with van der Waals surface area (Å²) >= 11 is 0. The van der Waals surface area contributed by atoms with Crippen LogP contribution in [0, 0.1) is 5.92 Å². The van der Waals surface area contributed by atoms with Gasteiger partial charge in [0.1, 0.15) is 0 Å². The maximum absolute atomic E-state index is 4.28. The van der Waals surface area contributed by atoms with Crippen molar-refractivity contribution in [3.05, 3.63) is 65.5 Å². The fraction of sp³-hybridized carbons (Fsp3) is 0.450. The number of nitrogens with zero attached hydrogens (tertiary/aromatic N) is 1. The third-order valence-electron chi connectivity index (χ3n) is 4.58. The lowest BCUT2D eigenvalue weighted by atomic mass is 9.82. The number of rotatable bonds is 6. The van der Waals surface area contributed by atoms with Crippen LogP contribution in [-0.4, -0.2) is 4.98 Å². The Labute approximate surface area is 128 Å². The van der Waals surface area contributed by atoms with E-state index in [1.165, 1.54) is 30.4 Å². The van der Waals surface area contributed by atoms with Crippen molar-refractivity contribution >= 4 is 0 Å². The molecule has 1 nitrogen and oxygen atoms in total. The average molecular weight is 279 g/mol. The molecular weight excluding hydrogens is 254 g/mol. The molecule has 2 aromatic rings. The van der Waals surface area contributed by atoms with E-state index in [2.05, 4.69) is 55.2 Å². The molecule has 0 aliphatic heterocycles. The van der Waals surface area contributed by atoms with Crippen molar-refractivity contribution in [2.24, 2.45) is 5.92 Å². The van der Waals surface area contributed by atoms with Gasteiger partial charge >= 0.3 is 0 Å². The topological polar surface area (TPSA) is 12.9 Å². The molecule has 1 aromatic carbocycles. The van der Waals surface area contributed by atoms with Crippen molar-refractivity contribution in [1.82, 2.24) is 4.98 Å². The van der Waals surface area contributed by atoms with E-state index in [0.717, 1.165) is 12.3 Å². The lowest BCUT2D eigenvalue weighted by molar-refractivity contribution is 0.566. The second-order valence-corrected chi connectivity index (χ2v) is 6.73. The van der Waals surface area contributed by atoms with E-state index in [1.54, 1.807) is 5.56 Å². The van der Waals surface area contributed by atoms with Gasteiger partial charge in [0.05, 0.1) is 0 Å². The Morgan fingerprint density at radius 3 is 2.43 bits per heavy atom. The van der Waals surface area contributed by atoms with Gasteiger partial charge in [-0.3, -0.25) is 4.98 Å². The maximum Gasteiger partial charge on any atom is 0.0300 e. The molecule has 3 rings (SSSR count). The van der Waals surface area contributed by atoms with Gasteiger partial charge in [0.2, 0.25) is 0 Å². The zero-order valence-corrected chi connectivity index (χ0v) is 13.1. The maximum atomic E-state index is 4.28.